The van der Waals surface area contributed by atoms with Crippen molar-refractivity contribution in [1.82, 2.24) is 5.43 Å². The van der Waals surface area contributed by atoms with E-state index in [4.69, 9.17) is 5.26 Å². The van der Waals surface area contributed by atoms with Crippen LogP contribution in [0.4, 0.5) is 0 Å². The molecule has 4 rings (SSSR count). The van der Waals surface area contributed by atoms with Crippen LogP contribution in [0.2, 0.25) is 0 Å². The van der Waals surface area contributed by atoms with Gasteiger partial charge in [-0.05, 0) is 96.5 Å². The molecule has 2 saturated carbocycles. The smallest absolute Gasteiger partial charge is 0.254 e. The maximum absolute atomic E-state index is 11.6. The Morgan fingerprint density at radius 3 is 2.71 bits per heavy atom. The van der Waals surface area contributed by atoms with Gasteiger partial charge in [0.2, 0.25) is 0 Å². The molecular formula is C30H45N3O. The minimum Gasteiger partial charge on any atom is -0.272 e. The minimum atomic E-state index is -0.332. The lowest BCUT2D eigenvalue weighted by atomic mass is 9.48. The number of hydrogen-bond acceptors (Lipinski definition) is 3. The number of allylic oxidation sites excluding steroid dienone is 4. The van der Waals surface area contributed by atoms with E-state index in [1.807, 2.05) is 6.07 Å². The topological polar surface area (TPSA) is 65.2 Å². The number of amides is 1. The maximum atomic E-state index is 11.6. The largest absolute Gasteiger partial charge is 0.272 e. The van der Waals surface area contributed by atoms with Crippen LogP contribution >= 0.6 is 0 Å². The minimum absolute atomic E-state index is 0.147. The third kappa shape index (κ3) is 4.65. The van der Waals surface area contributed by atoms with Crippen LogP contribution < -0.4 is 5.43 Å². The van der Waals surface area contributed by atoms with Gasteiger partial charge in [-0.3, -0.25) is 4.79 Å². The molecule has 2 fully saturated rings. The number of hydrogen-bond donors (Lipinski definition) is 1. The van der Waals surface area contributed by atoms with Gasteiger partial charge >= 0.3 is 0 Å². The fraction of sp³-hybridized carbons (Fsp3) is 0.767. The molecule has 0 spiro atoms. The first-order chi connectivity index (χ1) is 16.2. The Morgan fingerprint density at radius 1 is 1.18 bits per heavy atom. The molecule has 1 N–H and O–H groups in total. The van der Waals surface area contributed by atoms with Gasteiger partial charge in [-0.15, -0.1) is 0 Å². The second-order valence-corrected chi connectivity index (χ2v) is 12.7. The fourth-order valence-corrected chi connectivity index (χ4v) is 8.37. The molecule has 0 aromatic carbocycles. The van der Waals surface area contributed by atoms with Gasteiger partial charge in [0.1, 0.15) is 6.42 Å². The van der Waals surface area contributed by atoms with Crippen molar-refractivity contribution >= 4 is 11.6 Å². The predicted octanol–water partition coefficient (Wildman–Crippen LogP) is 7.19. The highest BCUT2D eigenvalue weighted by atomic mass is 16.2. The molecule has 7 atom stereocenters. The monoisotopic (exact) mass is 463 g/mol. The van der Waals surface area contributed by atoms with E-state index in [-0.39, 0.29) is 17.7 Å². The van der Waals surface area contributed by atoms with Gasteiger partial charge in [-0.1, -0.05) is 66.0 Å². The number of carbonyl (C=O) groups is 1. The molecule has 0 aromatic heterocycles. The normalized spacial score (nSPS) is 38.5. The summed E-state index contributed by atoms with van der Waals surface area (Å²) < 4.78 is 0. The Hall–Kier alpha value is -1.89. The second kappa shape index (κ2) is 10.00. The number of rotatable bonds is 7. The van der Waals surface area contributed by atoms with Gasteiger partial charge in [-0.2, -0.15) is 10.4 Å². The standard InChI is InChI=1S/C30H45N3O/c1-20(2)7-6-8-21(3)25-11-12-26-24-10-9-22-19-23(32-33-28(34)15-18-31)13-16-29(22,4)27(24)14-17-30(25,26)5/h9-10,19-21,24-27H,6-8,11-17H2,1-5H3,(H,33,34)/b32-23+/t21-,24+,25-,26+,27+,29+,30-/m1/s1. The highest BCUT2D eigenvalue weighted by molar-refractivity contribution is 5.98. The zero-order valence-electron chi connectivity index (χ0n) is 22.1. The summed E-state index contributed by atoms with van der Waals surface area (Å²) >= 11 is 0. The predicted molar refractivity (Wildman–Crippen MR) is 139 cm³/mol. The Morgan fingerprint density at radius 2 is 1.97 bits per heavy atom. The molecule has 4 nitrogen and oxygen atoms in total. The average Bonchev–Trinajstić information content (AvgIpc) is 3.15. The molecular weight excluding hydrogens is 418 g/mol. The summed E-state index contributed by atoms with van der Waals surface area (Å²) in [6.45, 7) is 12.4. The second-order valence-electron chi connectivity index (χ2n) is 12.7. The van der Waals surface area contributed by atoms with Crippen LogP contribution in [0.5, 0.6) is 0 Å². The lowest BCUT2D eigenvalue weighted by molar-refractivity contribution is -0.120. The number of nitrogens with zero attached hydrogens (tertiary/aromatic N) is 2. The van der Waals surface area contributed by atoms with Crippen molar-refractivity contribution < 1.29 is 4.79 Å². The van der Waals surface area contributed by atoms with Gasteiger partial charge in [0.25, 0.3) is 5.91 Å². The third-order valence-electron chi connectivity index (χ3n) is 10.3. The molecule has 0 aliphatic heterocycles. The summed E-state index contributed by atoms with van der Waals surface area (Å²) in [5.41, 5.74) is 5.56. The first-order valence-electron chi connectivity index (χ1n) is 13.8. The summed E-state index contributed by atoms with van der Waals surface area (Å²) in [6, 6.07) is 1.88. The zero-order chi connectivity index (χ0) is 24.5. The quantitative estimate of drug-likeness (QED) is 0.406. The van der Waals surface area contributed by atoms with Crippen LogP contribution in [-0.4, -0.2) is 11.6 Å². The van der Waals surface area contributed by atoms with Crippen LogP contribution in [0.3, 0.4) is 0 Å². The van der Waals surface area contributed by atoms with Gasteiger partial charge < -0.3 is 0 Å². The molecule has 34 heavy (non-hydrogen) atoms. The van der Waals surface area contributed by atoms with E-state index in [1.54, 1.807) is 0 Å². The first kappa shape index (κ1) is 25.2. The van der Waals surface area contributed by atoms with E-state index in [2.05, 4.69) is 63.4 Å². The van der Waals surface area contributed by atoms with Crippen molar-refractivity contribution in [2.45, 2.75) is 98.8 Å². The van der Waals surface area contributed by atoms with Crippen molar-refractivity contribution in [2.75, 3.05) is 0 Å². The molecule has 0 bridgehead atoms. The molecule has 4 heteroatoms. The molecule has 4 aliphatic rings. The van der Waals surface area contributed by atoms with Crippen molar-refractivity contribution in [3.05, 3.63) is 23.8 Å². The lowest BCUT2D eigenvalue weighted by Crippen LogP contribution is -2.49. The van der Waals surface area contributed by atoms with Crippen molar-refractivity contribution in [2.24, 2.45) is 51.4 Å². The average molecular weight is 464 g/mol. The van der Waals surface area contributed by atoms with Crippen LogP contribution in [0.25, 0.3) is 0 Å². The van der Waals surface area contributed by atoms with Crippen LogP contribution in [0.15, 0.2) is 28.9 Å². The number of fused-ring (bicyclic) bond motifs is 5. The van der Waals surface area contributed by atoms with Crippen molar-refractivity contribution in [1.29, 1.82) is 5.26 Å². The van der Waals surface area contributed by atoms with E-state index >= 15 is 0 Å². The van der Waals surface area contributed by atoms with Crippen molar-refractivity contribution in [3.63, 3.8) is 0 Å². The SMILES string of the molecule is CC(C)CCC[C@@H](C)[C@H]1CC[C@H]2[C@@H]3C=CC4=C/C(=N/NC(=O)CC#N)CC[C@]4(C)[C@H]3CC[C@]12C. The summed E-state index contributed by atoms with van der Waals surface area (Å²) in [5.74, 6) is 4.44. The molecule has 0 unspecified atom stereocenters. The van der Waals surface area contributed by atoms with Gasteiger partial charge in [-0.25, -0.2) is 5.43 Å². The number of carbonyl (C=O) groups excluding carboxylic acids is 1. The lowest BCUT2D eigenvalue weighted by Gasteiger charge is -2.56. The summed E-state index contributed by atoms with van der Waals surface area (Å²) in [6.07, 6.45) is 18.6. The molecule has 0 saturated heterocycles. The van der Waals surface area contributed by atoms with E-state index in [1.165, 1.54) is 50.5 Å². The van der Waals surface area contributed by atoms with Crippen molar-refractivity contribution in [3.8, 4) is 6.07 Å². The maximum Gasteiger partial charge on any atom is 0.254 e. The summed E-state index contributed by atoms with van der Waals surface area (Å²) in [5, 5.41) is 13.0. The summed E-state index contributed by atoms with van der Waals surface area (Å²) in [7, 11) is 0. The third-order valence-corrected chi connectivity index (χ3v) is 10.3. The highest BCUT2D eigenvalue weighted by Gasteiger charge is 2.58. The van der Waals surface area contributed by atoms with Gasteiger partial charge in [0.05, 0.1) is 11.8 Å². The zero-order valence-corrected chi connectivity index (χ0v) is 22.1. The molecule has 1 amide bonds. The molecule has 0 aromatic rings. The van der Waals surface area contributed by atoms with E-state index in [9.17, 15) is 4.79 Å². The molecule has 0 heterocycles. The number of nitriles is 1. The van der Waals surface area contributed by atoms with Crippen LogP contribution in [-0.2, 0) is 4.79 Å². The Kier molecular flexibility index (Phi) is 7.41. The highest BCUT2D eigenvalue weighted by Crippen LogP contribution is 2.66. The van der Waals surface area contributed by atoms with Gasteiger partial charge in [0, 0.05) is 0 Å². The van der Waals surface area contributed by atoms with E-state index in [0.29, 0.717) is 17.3 Å². The fourth-order valence-electron chi connectivity index (χ4n) is 8.37. The molecule has 186 valence electrons. The van der Waals surface area contributed by atoms with Gasteiger partial charge in [0.15, 0.2) is 0 Å². The van der Waals surface area contributed by atoms with Crippen LogP contribution in [0.1, 0.15) is 98.8 Å². The van der Waals surface area contributed by atoms with Crippen LogP contribution in [0, 0.1) is 57.7 Å². The number of hydrazone groups is 1. The first-order valence-corrected chi connectivity index (χ1v) is 13.8. The molecule has 4 aliphatic carbocycles. The Bertz CT molecular complexity index is 909. The number of nitrogens with one attached hydrogen (secondary N) is 1. The molecule has 0 radical (unpaired) electrons. The Labute approximate surface area is 207 Å². The Balaban J connectivity index is 1.49. The van der Waals surface area contributed by atoms with E-state index in [0.717, 1.165) is 42.2 Å². The summed E-state index contributed by atoms with van der Waals surface area (Å²) in [4.78, 5) is 11.6. The van der Waals surface area contributed by atoms with E-state index < -0.39 is 0 Å².